The lowest BCUT2D eigenvalue weighted by atomic mass is 9.73. The predicted octanol–water partition coefficient (Wildman–Crippen LogP) is 2.85. The average Bonchev–Trinajstić information content (AvgIpc) is 2.26. The summed E-state index contributed by atoms with van der Waals surface area (Å²) in [6.07, 6.45) is 5.96. The van der Waals surface area contributed by atoms with Crippen LogP contribution in [0.1, 0.15) is 59.8 Å². The predicted molar refractivity (Wildman–Crippen MR) is 72.6 cm³/mol. The lowest BCUT2D eigenvalue weighted by molar-refractivity contribution is -0.104. The van der Waals surface area contributed by atoms with Crippen LogP contribution in [0.25, 0.3) is 0 Å². The van der Waals surface area contributed by atoms with Crippen molar-refractivity contribution in [1.82, 2.24) is 5.43 Å². The SMILES string of the molecule is CCOC1(C(CC(C)C)NN)CCCC(C)C1. The van der Waals surface area contributed by atoms with Gasteiger partial charge >= 0.3 is 0 Å². The van der Waals surface area contributed by atoms with Crippen molar-refractivity contribution in [3.63, 3.8) is 0 Å². The Balaban J connectivity index is 2.79. The van der Waals surface area contributed by atoms with Gasteiger partial charge < -0.3 is 4.74 Å². The summed E-state index contributed by atoms with van der Waals surface area (Å²) in [6, 6.07) is 0.283. The lowest BCUT2D eigenvalue weighted by Crippen LogP contribution is -2.57. The molecule has 3 atom stereocenters. The lowest BCUT2D eigenvalue weighted by Gasteiger charge is -2.45. The first kappa shape index (κ1) is 14.9. The van der Waals surface area contributed by atoms with E-state index in [0.717, 1.165) is 31.8 Å². The van der Waals surface area contributed by atoms with Crippen LogP contribution in [0.5, 0.6) is 0 Å². The van der Waals surface area contributed by atoms with Gasteiger partial charge in [0.25, 0.3) is 0 Å². The van der Waals surface area contributed by atoms with Crippen LogP contribution in [0.4, 0.5) is 0 Å². The zero-order valence-electron chi connectivity index (χ0n) is 12.0. The van der Waals surface area contributed by atoms with Crippen molar-refractivity contribution in [2.75, 3.05) is 6.61 Å². The molecule has 0 radical (unpaired) electrons. The van der Waals surface area contributed by atoms with Crippen LogP contribution < -0.4 is 11.3 Å². The van der Waals surface area contributed by atoms with Crippen molar-refractivity contribution >= 4 is 0 Å². The Bertz CT molecular complexity index is 216. The number of nitrogens with two attached hydrogens (primary N) is 1. The molecular weight excluding hydrogens is 212 g/mol. The van der Waals surface area contributed by atoms with Gasteiger partial charge in [-0.1, -0.05) is 33.6 Å². The van der Waals surface area contributed by atoms with Crippen molar-refractivity contribution in [2.24, 2.45) is 17.7 Å². The molecule has 3 heteroatoms. The molecule has 0 amide bonds. The van der Waals surface area contributed by atoms with E-state index >= 15 is 0 Å². The van der Waals surface area contributed by atoms with Crippen LogP contribution in [0, 0.1) is 11.8 Å². The molecule has 0 aromatic rings. The first-order valence-corrected chi connectivity index (χ1v) is 7.14. The van der Waals surface area contributed by atoms with Gasteiger partial charge in [-0.3, -0.25) is 11.3 Å². The summed E-state index contributed by atoms with van der Waals surface area (Å²) in [4.78, 5) is 0. The molecule has 1 aliphatic carbocycles. The van der Waals surface area contributed by atoms with Crippen LogP contribution >= 0.6 is 0 Å². The Morgan fingerprint density at radius 3 is 2.65 bits per heavy atom. The fourth-order valence-electron chi connectivity index (χ4n) is 3.29. The summed E-state index contributed by atoms with van der Waals surface area (Å²) in [6.45, 7) is 9.69. The summed E-state index contributed by atoms with van der Waals surface area (Å²) in [5.74, 6) is 7.18. The summed E-state index contributed by atoms with van der Waals surface area (Å²) < 4.78 is 6.15. The van der Waals surface area contributed by atoms with Crippen LogP contribution in [-0.2, 0) is 4.74 Å². The number of nitrogens with one attached hydrogen (secondary N) is 1. The highest BCUT2D eigenvalue weighted by Crippen LogP contribution is 2.39. The van der Waals surface area contributed by atoms with E-state index in [2.05, 4.69) is 33.1 Å². The number of ether oxygens (including phenoxy) is 1. The zero-order valence-corrected chi connectivity index (χ0v) is 12.0. The van der Waals surface area contributed by atoms with Crippen molar-refractivity contribution in [3.05, 3.63) is 0 Å². The molecule has 0 aromatic carbocycles. The molecule has 0 aromatic heterocycles. The Kier molecular flexibility index (Phi) is 5.90. The van der Waals surface area contributed by atoms with Gasteiger partial charge in [0.1, 0.15) is 0 Å². The number of hydrazine groups is 1. The molecule has 3 N–H and O–H groups in total. The molecule has 1 rings (SSSR count). The van der Waals surface area contributed by atoms with Crippen LogP contribution in [0.15, 0.2) is 0 Å². The van der Waals surface area contributed by atoms with Gasteiger partial charge in [0.05, 0.1) is 11.6 Å². The molecule has 102 valence electrons. The van der Waals surface area contributed by atoms with Gasteiger partial charge in [-0.25, -0.2) is 0 Å². The van der Waals surface area contributed by atoms with Crippen LogP contribution in [0.3, 0.4) is 0 Å². The molecular formula is C14H30N2O. The van der Waals surface area contributed by atoms with Crippen molar-refractivity contribution in [2.45, 2.75) is 71.4 Å². The van der Waals surface area contributed by atoms with Gasteiger partial charge in [-0.05, 0) is 38.0 Å². The highest BCUT2D eigenvalue weighted by Gasteiger charge is 2.42. The van der Waals surface area contributed by atoms with E-state index in [9.17, 15) is 0 Å². The summed E-state index contributed by atoms with van der Waals surface area (Å²) in [7, 11) is 0. The first-order chi connectivity index (χ1) is 8.04. The van der Waals surface area contributed by atoms with Gasteiger partial charge in [-0.15, -0.1) is 0 Å². The third kappa shape index (κ3) is 3.94. The number of hydrogen-bond donors (Lipinski definition) is 2. The Hall–Kier alpha value is -0.120. The topological polar surface area (TPSA) is 47.3 Å². The molecule has 1 fully saturated rings. The van der Waals surface area contributed by atoms with E-state index in [1.807, 2.05) is 0 Å². The van der Waals surface area contributed by atoms with Gasteiger partial charge in [0, 0.05) is 6.61 Å². The van der Waals surface area contributed by atoms with E-state index in [1.54, 1.807) is 0 Å². The largest absolute Gasteiger partial charge is 0.374 e. The molecule has 0 heterocycles. The van der Waals surface area contributed by atoms with Crippen molar-refractivity contribution in [3.8, 4) is 0 Å². The maximum Gasteiger partial charge on any atom is 0.0850 e. The maximum atomic E-state index is 6.15. The molecule has 0 bridgehead atoms. The zero-order chi connectivity index (χ0) is 12.9. The molecule has 0 spiro atoms. The van der Waals surface area contributed by atoms with Gasteiger partial charge in [0.15, 0.2) is 0 Å². The number of rotatable bonds is 6. The van der Waals surface area contributed by atoms with Crippen molar-refractivity contribution in [1.29, 1.82) is 0 Å². The minimum absolute atomic E-state index is 0.0363. The van der Waals surface area contributed by atoms with E-state index in [0.29, 0.717) is 5.92 Å². The second kappa shape index (κ2) is 6.72. The fourth-order valence-corrected chi connectivity index (χ4v) is 3.29. The van der Waals surface area contributed by atoms with E-state index < -0.39 is 0 Å². The fraction of sp³-hybridized carbons (Fsp3) is 1.00. The highest BCUT2D eigenvalue weighted by molar-refractivity contribution is 4.96. The highest BCUT2D eigenvalue weighted by atomic mass is 16.5. The maximum absolute atomic E-state index is 6.15. The summed E-state index contributed by atoms with van der Waals surface area (Å²) >= 11 is 0. The average molecular weight is 242 g/mol. The minimum atomic E-state index is -0.0363. The second-order valence-corrected chi connectivity index (χ2v) is 6.05. The first-order valence-electron chi connectivity index (χ1n) is 7.14. The standard InChI is InChI=1S/C14H30N2O/c1-5-17-14(8-6-7-12(4)10-14)13(16-15)9-11(2)3/h11-13,16H,5-10,15H2,1-4H3. The Morgan fingerprint density at radius 1 is 1.47 bits per heavy atom. The molecule has 1 saturated carbocycles. The molecule has 0 aliphatic heterocycles. The van der Waals surface area contributed by atoms with E-state index in [1.165, 1.54) is 12.8 Å². The van der Waals surface area contributed by atoms with Crippen LogP contribution in [0.2, 0.25) is 0 Å². The number of hydrogen-bond acceptors (Lipinski definition) is 3. The van der Waals surface area contributed by atoms with Crippen LogP contribution in [-0.4, -0.2) is 18.2 Å². The minimum Gasteiger partial charge on any atom is -0.374 e. The smallest absolute Gasteiger partial charge is 0.0850 e. The Morgan fingerprint density at radius 2 is 2.18 bits per heavy atom. The molecule has 17 heavy (non-hydrogen) atoms. The van der Waals surface area contributed by atoms with Gasteiger partial charge in [-0.2, -0.15) is 0 Å². The van der Waals surface area contributed by atoms with E-state index in [4.69, 9.17) is 10.6 Å². The molecule has 1 aliphatic rings. The third-order valence-corrected chi connectivity index (χ3v) is 3.97. The molecule has 3 unspecified atom stereocenters. The normalized spacial score (nSPS) is 31.8. The van der Waals surface area contributed by atoms with E-state index in [-0.39, 0.29) is 11.6 Å². The Labute approximate surface area is 106 Å². The second-order valence-electron chi connectivity index (χ2n) is 6.05. The quantitative estimate of drug-likeness (QED) is 0.556. The monoisotopic (exact) mass is 242 g/mol. The molecule has 3 nitrogen and oxygen atoms in total. The van der Waals surface area contributed by atoms with Gasteiger partial charge in [0.2, 0.25) is 0 Å². The molecule has 0 saturated heterocycles. The third-order valence-electron chi connectivity index (χ3n) is 3.97. The van der Waals surface area contributed by atoms with Crippen molar-refractivity contribution < 1.29 is 4.74 Å². The summed E-state index contributed by atoms with van der Waals surface area (Å²) in [5, 5.41) is 0. The summed E-state index contributed by atoms with van der Waals surface area (Å²) in [5.41, 5.74) is 2.99.